The van der Waals surface area contributed by atoms with Crippen LogP contribution in [-0.2, 0) is 32.6 Å². The van der Waals surface area contributed by atoms with Crippen LogP contribution in [0.5, 0.6) is 0 Å². The molecule has 190 valence electrons. The largest absolute Gasteiger partial charge is 0.357 e. The highest BCUT2D eigenvalue weighted by molar-refractivity contribution is 7.89. The van der Waals surface area contributed by atoms with Gasteiger partial charge in [0.05, 0.1) is 11.4 Å². The van der Waals surface area contributed by atoms with Crippen molar-refractivity contribution in [2.45, 2.75) is 30.8 Å². The second-order valence-electron chi connectivity index (χ2n) is 8.54. The maximum absolute atomic E-state index is 13.6. The Labute approximate surface area is 217 Å². The number of rotatable bonds is 10. The van der Waals surface area contributed by atoms with Gasteiger partial charge < -0.3 is 10.2 Å². The minimum absolute atomic E-state index is 0.0970. The van der Waals surface area contributed by atoms with E-state index < -0.39 is 28.5 Å². The van der Waals surface area contributed by atoms with Crippen molar-refractivity contribution in [2.75, 3.05) is 20.6 Å². The number of nitrogens with one attached hydrogen (secondary N) is 1. The lowest BCUT2D eigenvalue weighted by Crippen LogP contribution is -2.52. The Hall–Kier alpha value is -3.20. The summed E-state index contributed by atoms with van der Waals surface area (Å²) < 4.78 is 27.2. The molecule has 0 saturated carbocycles. The van der Waals surface area contributed by atoms with Crippen LogP contribution in [-0.4, -0.2) is 56.1 Å². The molecule has 3 aromatic carbocycles. The number of aryl methyl sites for hydroxylation is 1. The Morgan fingerprint density at radius 2 is 1.53 bits per heavy atom. The third-order valence-electron chi connectivity index (χ3n) is 5.87. The monoisotopic (exact) mass is 527 g/mol. The van der Waals surface area contributed by atoms with Gasteiger partial charge in [-0.15, -0.1) is 0 Å². The fourth-order valence-corrected chi connectivity index (χ4v) is 5.01. The number of amides is 2. The number of halogens is 1. The van der Waals surface area contributed by atoms with Crippen molar-refractivity contribution in [3.8, 4) is 0 Å². The van der Waals surface area contributed by atoms with Gasteiger partial charge in [-0.05, 0) is 42.3 Å². The molecule has 7 nitrogen and oxygen atoms in total. The molecule has 0 aliphatic carbocycles. The molecule has 9 heteroatoms. The summed E-state index contributed by atoms with van der Waals surface area (Å²) in [5.41, 5.74) is 2.57. The number of benzene rings is 3. The van der Waals surface area contributed by atoms with Crippen LogP contribution >= 0.6 is 11.6 Å². The number of carbonyl (C=O) groups excluding carboxylic acids is 2. The van der Waals surface area contributed by atoms with E-state index in [0.29, 0.717) is 5.02 Å². The maximum atomic E-state index is 13.6. The van der Waals surface area contributed by atoms with Crippen molar-refractivity contribution < 1.29 is 18.0 Å². The Morgan fingerprint density at radius 3 is 2.11 bits per heavy atom. The molecule has 0 aliphatic heterocycles. The van der Waals surface area contributed by atoms with E-state index in [4.69, 9.17) is 11.6 Å². The zero-order chi connectivity index (χ0) is 26.3. The molecule has 36 heavy (non-hydrogen) atoms. The third-order valence-corrected chi connectivity index (χ3v) is 7.94. The van der Waals surface area contributed by atoms with Gasteiger partial charge in [-0.1, -0.05) is 71.8 Å². The SMILES string of the molecule is CNC(=O)[C@@H](Cc1ccccc1)N(Cc1ccc(Cl)cc1)C(=O)CN(C)S(=O)(=O)c1ccc(C)cc1. The summed E-state index contributed by atoms with van der Waals surface area (Å²) in [6.45, 7) is 1.55. The number of likely N-dealkylation sites (N-methyl/N-ethyl adjacent to an activating group) is 2. The standard InChI is InChI=1S/C27H30ClN3O4S/c1-20-9-15-24(16-10-20)36(34,35)30(3)19-26(32)31(18-22-11-13-23(28)14-12-22)25(27(33)29-2)17-21-7-5-4-6-8-21/h4-16,25H,17-19H2,1-3H3,(H,29,33)/t25-/m1/s1. The number of hydrogen-bond acceptors (Lipinski definition) is 4. The Kier molecular flexibility index (Phi) is 9.25. The summed E-state index contributed by atoms with van der Waals surface area (Å²) in [6, 6.07) is 21.9. The van der Waals surface area contributed by atoms with Crippen LogP contribution in [0, 0.1) is 6.92 Å². The quantitative estimate of drug-likeness (QED) is 0.436. The van der Waals surface area contributed by atoms with Crippen molar-refractivity contribution in [1.29, 1.82) is 0 Å². The summed E-state index contributed by atoms with van der Waals surface area (Å²) in [5, 5.41) is 3.19. The summed E-state index contributed by atoms with van der Waals surface area (Å²) >= 11 is 6.02. The molecule has 2 amide bonds. The average Bonchev–Trinajstić information content (AvgIpc) is 2.87. The molecule has 0 aromatic heterocycles. The van der Waals surface area contributed by atoms with Crippen LogP contribution in [0.15, 0.2) is 83.8 Å². The van der Waals surface area contributed by atoms with E-state index in [1.807, 2.05) is 37.3 Å². The van der Waals surface area contributed by atoms with Crippen molar-refractivity contribution in [3.63, 3.8) is 0 Å². The molecule has 0 saturated heterocycles. The molecule has 0 bridgehead atoms. The van der Waals surface area contributed by atoms with Gasteiger partial charge in [-0.25, -0.2) is 8.42 Å². The molecule has 0 spiro atoms. The molecular formula is C27H30ClN3O4S. The van der Waals surface area contributed by atoms with Crippen LogP contribution < -0.4 is 5.32 Å². The lowest BCUT2D eigenvalue weighted by atomic mass is 10.0. The first kappa shape index (κ1) is 27.4. The molecule has 0 heterocycles. The van der Waals surface area contributed by atoms with Gasteiger partial charge in [0.15, 0.2) is 0 Å². The second kappa shape index (κ2) is 12.2. The van der Waals surface area contributed by atoms with Gasteiger partial charge >= 0.3 is 0 Å². The molecule has 0 aliphatic rings. The average molecular weight is 528 g/mol. The number of sulfonamides is 1. The molecule has 1 N–H and O–H groups in total. The third kappa shape index (κ3) is 6.94. The fourth-order valence-electron chi connectivity index (χ4n) is 3.76. The van der Waals surface area contributed by atoms with Crippen LogP contribution in [0.25, 0.3) is 0 Å². The predicted octanol–water partition coefficient (Wildman–Crippen LogP) is 3.66. The summed E-state index contributed by atoms with van der Waals surface area (Å²) in [6.07, 6.45) is 0.272. The zero-order valence-corrected chi connectivity index (χ0v) is 22.1. The van der Waals surface area contributed by atoms with E-state index in [2.05, 4.69) is 5.32 Å². The fraction of sp³-hybridized carbons (Fsp3) is 0.259. The van der Waals surface area contributed by atoms with E-state index in [-0.39, 0.29) is 23.8 Å². The number of nitrogens with zero attached hydrogens (tertiary/aromatic N) is 2. The lowest BCUT2D eigenvalue weighted by Gasteiger charge is -2.32. The first-order valence-electron chi connectivity index (χ1n) is 11.4. The normalized spacial score (nSPS) is 12.2. The minimum Gasteiger partial charge on any atom is -0.357 e. The van der Waals surface area contributed by atoms with Gasteiger partial charge in [0.1, 0.15) is 6.04 Å². The van der Waals surface area contributed by atoms with Gasteiger partial charge in [-0.3, -0.25) is 9.59 Å². The van der Waals surface area contributed by atoms with Gasteiger partial charge in [-0.2, -0.15) is 4.31 Å². The van der Waals surface area contributed by atoms with E-state index in [1.165, 1.54) is 31.1 Å². The minimum atomic E-state index is -3.91. The number of carbonyl (C=O) groups is 2. The number of hydrogen-bond donors (Lipinski definition) is 1. The molecule has 3 rings (SSSR count). The lowest BCUT2D eigenvalue weighted by molar-refractivity contribution is -0.141. The van der Waals surface area contributed by atoms with Gasteiger partial charge in [0.2, 0.25) is 21.8 Å². The maximum Gasteiger partial charge on any atom is 0.243 e. The van der Waals surface area contributed by atoms with E-state index in [0.717, 1.165) is 21.0 Å². The van der Waals surface area contributed by atoms with Crippen LogP contribution in [0.2, 0.25) is 5.02 Å². The van der Waals surface area contributed by atoms with E-state index in [9.17, 15) is 18.0 Å². The molecule has 0 radical (unpaired) electrons. The predicted molar refractivity (Wildman–Crippen MR) is 141 cm³/mol. The highest BCUT2D eigenvalue weighted by Gasteiger charge is 2.32. The van der Waals surface area contributed by atoms with E-state index >= 15 is 0 Å². The van der Waals surface area contributed by atoms with Crippen molar-refractivity contribution in [1.82, 2.24) is 14.5 Å². The highest BCUT2D eigenvalue weighted by Crippen LogP contribution is 2.19. The van der Waals surface area contributed by atoms with Crippen LogP contribution in [0.1, 0.15) is 16.7 Å². The highest BCUT2D eigenvalue weighted by atomic mass is 35.5. The smallest absolute Gasteiger partial charge is 0.243 e. The zero-order valence-electron chi connectivity index (χ0n) is 20.5. The first-order valence-corrected chi connectivity index (χ1v) is 13.3. The van der Waals surface area contributed by atoms with Crippen LogP contribution in [0.4, 0.5) is 0 Å². The van der Waals surface area contributed by atoms with Gasteiger partial charge in [0.25, 0.3) is 0 Å². The Morgan fingerprint density at radius 1 is 0.917 bits per heavy atom. The summed E-state index contributed by atoms with van der Waals surface area (Å²) in [5.74, 6) is -0.835. The molecule has 3 aromatic rings. The first-order chi connectivity index (χ1) is 17.1. The van der Waals surface area contributed by atoms with Crippen LogP contribution in [0.3, 0.4) is 0 Å². The van der Waals surface area contributed by atoms with Crippen molar-refractivity contribution in [2.24, 2.45) is 0 Å². The topological polar surface area (TPSA) is 86.8 Å². The summed E-state index contributed by atoms with van der Waals surface area (Å²) in [7, 11) is -1.03. The molecule has 1 atom stereocenters. The van der Waals surface area contributed by atoms with Crippen molar-refractivity contribution >= 4 is 33.4 Å². The Bertz CT molecular complexity index is 1280. The molecule has 0 fully saturated rings. The molecular weight excluding hydrogens is 498 g/mol. The van der Waals surface area contributed by atoms with Gasteiger partial charge in [0, 0.05) is 32.1 Å². The van der Waals surface area contributed by atoms with Crippen molar-refractivity contribution in [3.05, 3.63) is 101 Å². The van der Waals surface area contributed by atoms with E-state index in [1.54, 1.807) is 36.4 Å². The Balaban J connectivity index is 1.93. The second-order valence-corrected chi connectivity index (χ2v) is 11.0. The molecule has 0 unspecified atom stereocenters. The summed E-state index contributed by atoms with van der Waals surface area (Å²) in [4.78, 5) is 28.1.